The summed E-state index contributed by atoms with van der Waals surface area (Å²) in [6.07, 6.45) is 1.39. The van der Waals surface area contributed by atoms with Gasteiger partial charge in [-0.3, -0.25) is 4.79 Å². The van der Waals surface area contributed by atoms with Gasteiger partial charge in [-0.1, -0.05) is 12.1 Å². The first-order valence-corrected chi connectivity index (χ1v) is 9.26. The van der Waals surface area contributed by atoms with E-state index >= 15 is 0 Å². The number of aliphatic hydroxyl groups is 1. The Morgan fingerprint density at radius 3 is 2.68 bits per heavy atom. The standard InChI is InChI=1S/C20H24ClNO3/c1-19(2)12-9-10-20(3,24)17(21)14(12)15-16(25-19)11-7-5-6-8-13(11)22(4)18(15)23/h5-8,12,14,17,24H,9-10H2,1-4H3/t12-,14-,17+,20+/m0/s1. The maximum Gasteiger partial charge on any atom is 0.258 e. The Balaban J connectivity index is 2.08. The van der Waals surface area contributed by atoms with Crippen LogP contribution in [0.25, 0.3) is 10.9 Å². The Hall–Kier alpha value is -1.52. The zero-order valence-corrected chi connectivity index (χ0v) is 15.8. The van der Waals surface area contributed by atoms with E-state index in [0.29, 0.717) is 17.7 Å². The summed E-state index contributed by atoms with van der Waals surface area (Å²) in [4.78, 5) is 13.2. The van der Waals surface area contributed by atoms with Crippen LogP contribution in [0.1, 0.15) is 45.1 Å². The summed E-state index contributed by atoms with van der Waals surface area (Å²) < 4.78 is 8.07. The molecule has 5 heteroatoms. The number of nitrogens with zero attached hydrogens (tertiary/aromatic N) is 1. The molecular formula is C20H24ClNO3. The quantitative estimate of drug-likeness (QED) is 0.730. The van der Waals surface area contributed by atoms with E-state index in [9.17, 15) is 9.90 Å². The van der Waals surface area contributed by atoms with Gasteiger partial charge in [-0.15, -0.1) is 11.6 Å². The van der Waals surface area contributed by atoms with Crippen LogP contribution in [0.15, 0.2) is 29.1 Å². The highest BCUT2D eigenvalue weighted by molar-refractivity contribution is 6.22. The summed E-state index contributed by atoms with van der Waals surface area (Å²) in [5.74, 6) is 0.498. The minimum absolute atomic E-state index is 0.0810. The van der Waals surface area contributed by atoms with Gasteiger partial charge in [0.2, 0.25) is 0 Å². The molecule has 0 radical (unpaired) electrons. The van der Waals surface area contributed by atoms with Crippen molar-refractivity contribution >= 4 is 22.5 Å². The molecule has 0 saturated heterocycles. The zero-order chi connectivity index (χ0) is 18.1. The summed E-state index contributed by atoms with van der Waals surface area (Å²) in [5.41, 5.74) is -0.0669. The van der Waals surface area contributed by atoms with Crippen molar-refractivity contribution in [1.82, 2.24) is 4.57 Å². The van der Waals surface area contributed by atoms with E-state index in [0.717, 1.165) is 17.3 Å². The molecule has 2 aliphatic rings. The van der Waals surface area contributed by atoms with E-state index in [1.807, 2.05) is 24.3 Å². The highest BCUT2D eigenvalue weighted by Gasteiger charge is 2.55. The van der Waals surface area contributed by atoms with E-state index in [2.05, 4.69) is 13.8 Å². The van der Waals surface area contributed by atoms with Gasteiger partial charge in [-0.2, -0.15) is 0 Å². The van der Waals surface area contributed by atoms with Crippen LogP contribution in [-0.2, 0) is 7.05 Å². The van der Waals surface area contributed by atoms with Gasteiger partial charge in [0.15, 0.2) is 0 Å². The van der Waals surface area contributed by atoms with Gasteiger partial charge in [-0.05, 0) is 45.7 Å². The molecule has 1 aliphatic heterocycles. The normalized spacial score (nSPS) is 33.4. The Kier molecular flexibility index (Phi) is 3.55. The third kappa shape index (κ3) is 2.27. The number of hydrogen-bond acceptors (Lipinski definition) is 3. The molecule has 1 aromatic carbocycles. The van der Waals surface area contributed by atoms with Crippen molar-refractivity contribution in [3.8, 4) is 5.75 Å². The largest absolute Gasteiger partial charge is 0.486 e. The molecule has 1 fully saturated rings. The van der Waals surface area contributed by atoms with Crippen molar-refractivity contribution in [3.63, 3.8) is 0 Å². The molecule has 0 spiro atoms. The molecular weight excluding hydrogens is 338 g/mol. The molecule has 1 saturated carbocycles. The first-order valence-electron chi connectivity index (χ1n) is 8.82. The first-order chi connectivity index (χ1) is 11.6. The van der Waals surface area contributed by atoms with Crippen LogP contribution in [-0.4, -0.2) is 26.3 Å². The van der Waals surface area contributed by atoms with E-state index in [-0.39, 0.29) is 17.4 Å². The molecule has 0 unspecified atom stereocenters. The maximum absolute atomic E-state index is 13.2. The van der Waals surface area contributed by atoms with Crippen molar-refractivity contribution in [2.75, 3.05) is 0 Å². The lowest BCUT2D eigenvalue weighted by molar-refractivity contribution is -0.0619. The van der Waals surface area contributed by atoms with Crippen molar-refractivity contribution in [3.05, 3.63) is 40.2 Å². The molecule has 0 amide bonds. The molecule has 134 valence electrons. The van der Waals surface area contributed by atoms with Crippen LogP contribution < -0.4 is 10.3 Å². The Bertz CT molecular complexity index is 915. The van der Waals surface area contributed by atoms with Crippen LogP contribution in [0.3, 0.4) is 0 Å². The summed E-state index contributed by atoms with van der Waals surface area (Å²) in [7, 11) is 1.78. The summed E-state index contributed by atoms with van der Waals surface area (Å²) >= 11 is 6.76. The summed E-state index contributed by atoms with van der Waals surface area (Å²) in [5, 5.41) is 11.2. The van der Waals surface area contributed by atoms with E-state index in [1.165, 1.54) is 0 Å². The number of ether oxygens (including phenoxy) is 1. The number of pyridine rings is 1. The molecule has 4 rings (SSSR count). The first kappa shape index (κ1) is 16.9. The van der Waals surface area contributed by atoms with Crippen molar-refractivity contribution in [1.29, 1.82) is 0 Å². The van der Waals surface area contributed by atoms with Gasteiger partial charge >= 0.3 is 0 Å². The number of aromatic nitrogens is 1. The van der Waals surface area contributed by atoms with Crippen LogP contribution >= 0.6 is 11.6 Å². The van der Waals surface area contributed by atoms with Crippen molar-refractivity contribution in [2.24, 2.45) is 13.0 Å². The van der Waals surface area contributed by atoms with Gasteiger partial charge in [0.1, 0.15) is 11.4 Å². The lowest BCUT2D eigenvalue weighted by atomic mass is 9.62. The fourth-order valence-electron chi connectivity index (χ4n) is 4.72. The minimum Gasteiger partial charge on any atom is -0.486 e. The lowest BCUT2D eigenvalue weighted by Gasteiger charge is -2.52. The molecule has 1 N–H and O–H groups in total. The number of aryl methyl sites for hydroxylation is 1. The highest BCUT2D eigenvalue weighted by atomic mass is 35.5. The average molecular weight is 362 g/mol. The molecule has 4 nitrogen and oxygen atoms in total. The van der Waals surface area contributed by atoms with Crippen LogP contribution in [0.2, 0.25) is 0 Å². The molecule has 4 atom stereocenters. The molecule has 0 bridgehead atoms. The number of alkyl halides is 1. The number of halogens is 1. The van der Waals surface area contributed by atoms with Crippen molar-refractivity contribution in [2.45, 2.75) is 56.1 Å². The third-order valence-electron chi connectivity index (χ3n) is 6.19. The fourth-order valence-corrected chi connectivity index (χ4v) is 5.13. The summed E-state index contributed by atoms with van der Waals surface area (Å²) in [6, 6.07) is 7.77. The Morgan fingerprint density at radius 2 is 1.96 bits per heavy atom. The predicted molar refractivity (Wildman–Crippen MR) is 99.6 cm³/mol. The van der Waals surface area contributed by atoms with E-state index in [1.54, 1.807) is 18.5 Å². The number of benzene rings is 1. The van der Waals surface area contributed by atoms with Gasteiger partial charge < -0.3 is 14.4 Å². The average Bonchev–Trinajstić information content (AvgIpc) is 2.55. The van der Waals surface area contributed by atoms with E-state index in [4.69, 9.17) is 16.3 Å². The number of para-hydroxylation sites is 1. The van der Waals surface area contributed by atoms with Crippen LogP contribution in [0.4, 0.5) is 0 Å². The predicted octanol–water partition coefficient (Wildman–Crippen LogP) is 3.56. The van der Waals surface area contributed by atoms with Crippen LogP contribution in [0.5, 0.6) is 5.75 Å². The SMILES string of the molecule is Cn1c(=O)c2c(c3ccccc31)OC(C)(C)[C@H]1CC[C@@](C)(O)[C@H](Cl)[C@H]21. The summed E-state index contributed by atoms with van der Waals surface area (Å²) in [6.45, 7) is 5.89. The molecule has 2 heterocycles. The maximum atomic E-state index is 13.2. The van der Waals surface area contributed by atoms with Crippen LogP contribution in [0, 0.1) is 5.92 Å². The number of hydrogen-bond donors (Lipinski definition) is 1. The molecule has 2 aromatic rings. The number of fused-ring (bicyclic) bond motifs is 5. The fraction of sp³-hybridized carbons (Fsp3) is 0.550. The monoisotopic (exact) mass is 361 g/mol. The second kappa shape index (κ2) is 5.24. The third-order valence-corrected chi connectivity index (χ3v) is 6.93. The van der Waals surface area contributed by atoms with Crippen molar-refractivity contribution < 1.29 is 9.84 Å². The number of rotatable bonds is 0. The second-order valence-electron chi connectivity index (χ2n) is 8.26. The zero-order valence-electron chi connectivity index (χ0n) is 15.0. The minimum atomic E-state index is -0.996. The van der Waals surface area contributed by atoms with Gasteiger partial charge in [-0.25, -0.2) is 0 Å². The van der Waals surface area contributed by atoms with Gasteiger partial charge in [0, 0.05) is 24.3 Å². The molecule has 1 aliphatic carbocycles. The van der Waals surface area contributed by atoms with Gasteiger partial charge in [0.05, 0.1) is 22.1 Å². The lowest BCUT2D eigenvalue weighted by Crippen LogP contribution is -2.57. The van der Waals surface area contributed by atoms with Gasteiger partial charge in [0.25, 0.3) is 5.56 Å². The smallest absolute Gasteiger partial charge is 0.258 e. The topological polar surface area (TPSA) is 51.5 Å². The molecule has 1 aromatic heterocycles. The Labute approximate surface area is 152 Å². The second-order valence-corrected chi connectivity index (χ2v) is 8.73. The van der Waals surface area contributed by atoms with E-state index < -0.39 is 16.6 Å². The highest BCUT2D eigenvalue weighted by Crippen LogP contribution is 2.55. The Morgan fingerprint density at radius 1 is 1.28 bits per heavy atom. The molecule has 25 heavy (non-hydrogen) atoms.